The van der Waals surface area contributed by atoms with Gasteiger partial charge >= 0.3 is 0 Å². The number of rotatable bonds is 6. The number of hydrogen-bond donors (Lipinski definition) is 0. The monoisotopic (exact) mass is 346 g/mol. The van der Waals surface area contributed by atoms with E-state index in [0.29, 0.717) is 11.5 Å². The van der Waals surface area contributed by atoms with Gasteiger partial charge < -0.3 is 14.2 Å². The van der Waals surface area contributed by atoms with Gasteiger partial charge in [-0.15, -0.1) is 0 Å². The quantitative estimate of drug-likeness (QED) is 0.549. The molecule has 0 saturated heterocycles. The van der Waals surface area contributed by atoms with Crippen LogP contribution in [0.3, 0.4) is 0 Å². The highest BCUT2D eigenvalue weighted by molar-refractivity contribution is 5.70. The second kappa shape index (κ2) is 8.96. The Morgan fingerprint density at radius 3 is 1.77 bits per heavy atom. The fraction of sp³-hybridized carbons (Fsp3) is 0.143. The standard InChI is InChI=1S/C21H18N2O3/c1-22-18(12-15-6-9-17(24-3)10-7-15)19(23-2)13-16-8-11-20(25-4)21(14-16)26-5/h6-14H,3-5H3. The normalized spacial score (nSPS) is 11.3. The van der Waals surface area contributed by atoms with Gasteiger partial charge in [0.2, 0.25) is 0 Å². The van der Waals surface area contributed by atoms with Crippen molar-refractivity contribution in [2.45, 2.75) is 0 Å². The van der Waals surface area contributed by atoms with Crippen LogP contribution in [0.2, 0.25) is 0 Å². The lowest BCUT2D eigenvalue weighted by atomic mass is 10.1. The maximum atomic E-state index is 7.45. The molecule has 0 unspecified atom stereocenters. The van der Waals surface area contributed by atoms with Crippen molar-refractivity contribution in [2.75, 3.05) is 21.3 Å². The molecule has 0 aromatic heterocycles. The highest BCUT2D eigenvalue weighted by Gasteiger charge is 2.08. The van der Waals surface area contributed by atoms with Crippen LogP contribution in [0.25, 0.3) is 21.8 Å². The van der Waals surface area contributed by atoms with E-state index in [9.17, 15) is 0 Å². The summed E-state index contributed by atoms with van der Waals surface area (Å²) in [6.45, 7) is 14.9. The Kier molecular flexibility index (Phi) is 6.42. The molecule has 2 aromatic rings. The van der Waals surface area contributed by atoms with E-state index in [0.717, 1.165) is 16.9 Å². The van der Waals surface area contributed by atoms with E-state index in [-0.39, 0.29) is 11.4 Å². The molecule has 0 fully saturated rings. The maximum Gasteiger partial charge on any atom is 0.195 e. The minimum absolute atomic E-state index is 0.253. The van der Waals surface area contributed by atoms with Crippen LogP contribution < -0.4 is 14.2 Å². The van der Waals surface area contributed by atoms with Crippen LogP contribution in [-0.4, -0.2) is 21.3 Å². The summed E-state index contributed by atoms with van der Waals surface area (Å²) in [5, 5.41) is 0. The van der Waals surface area contributed by atoms with Gasteiger partial charge in [-0.25, -0.2) is 0 Å². The predicted molar refractivity (Wildman–Crippen MR) is 102 cm³/mol. The second-order valence-electron chi connectivity index (χ2n) is 5.17. The fourth-order valence-electron chi connectivity index (χ4n) is 2.29. The minimum Gasteiger partial charge on any atom is -0.497 e. The van der Waals surface area contributed by atoms with Crippen LogP contribution in [0, 0.1) is 13.1 Å². The minimum atomic E-state index is 0.253. The summed E-state index contributed by atoms with van der Waals surface area (Å²) in [7, 11) is 4.71. The lowest BCUT2D eigenvalue weighted by molar-refractivity contribution is 0.355. The molecule has 130 valence electrons. The Morgan fingerprint density at radius 2 is 1.27 bits per heavy atom. The topological polar surface area (TPSA) is 36.4 Å². The SMILES string of the molecule is [C-]#[N+]C(=Cc1ccc(OC)cc1)C(=Cc1ccc(OC)c(OC)c1)[N+]#[C-]. The zero-order valence-electron chi connectivity index (χ0n) is 14.8. The van der Waals surface area contributed by atoms with Crippen LogP contribution in [-0.2, 0) is 0 Å². The van der Waals surface area contributed by atoms with Crippen molar-refractivity contribution >= 4 is 12.2 Å². The third kappa shape index (κ3) is 4.43. The summed E-state index contributed by atoms with van der Waals surface area (Å²) in [6.07, 6.45) is 3.33. The van der Waals surface area contributed by atoms with Crippen molar-refractivity contribution in [3.63, 3.8) is 0 Å². The fourth-order valence-corrected chi connectivity index (χ4v) is 2.29. The number of ether oxygens (including phenoxy) is 3. The Labute approximate surface area is 153 Å². The molecule has 0 spiro atoms. The first kappa shape index (κ1) is 18.6. The average Bonchev–Trinajstić information content (AvgIpc) is 2.70. The lowest BCUT2D eigenvalue weighted by Crippen LogP contribution is -1.91. The molecule has 0 heterocycles. The van der Waals surface area contributed by atoms with E-state index in [1.807, 2.05) is 30.3 Å². The van der Waals surface area contributed by atoms with Gasteiger partial charge in [-0.3, -0.25) is 9.69 Å². The van der Waals surface area contributed by atoms with Crippen LogP contribution in [0.4, 0.5) is 0 Å². The molecule has 0 aliphatic rings. The predicted octanol–water partition coefficient (Wildman–Crippen LogP) is 4.93. The smallest absolute Gasteiger partial charge is 0.195 e. The van der Waals surface area contributed by atoms with Gasteiger partial charge in [-0.1, -0.05) is 30.4 Å². The number of benzene rings is 2. The van der Waals surface area contributed by atoms with Crippen LogP contribution in [0.1, 0.15) is 11.1 Å². The summed E-state index contributed by atoms with van der Waals surface area (Å²) in [5.74, 6) is 1.90. The first-order chi connectivity index (χ1) is 12.6. The largest absolute Gasteiger partial charge is 0.497 e. The van der Waals surface area contributed by atoms with E-state index in [4.69, 9.17) is 27.4 Å². The molecular formula is C21H18N2O3. The molecular weight excluding hydrogens is 328 g/mol. The Bertz CT molecular complexity index is 914. The summed E-state index contributed by atoms with van der Waals surface area (Å²) in [6, 6.07) is 12.6. The zero-order chi connectivity index (χ0) is 18.9. The van der Waals surface area contributed by atoms with Crippen molar-refractivity contribution in [1.82, 2.24) is 0 Å². The van der Waals surface area contributed by atoms with Crippen molar-refractivity contribution in [1.29, 1.82) is 0 Å². The van der Waals surface area contributed by atoms with Crippen molar-refractivity contribution in [2.24, 2.45) is 0 Å². The van der Waals surface area contributed by atoms with Crippen molar-refractivity contribution in [3.8, 4) is 17.2 Å². The van der Waals surface area contributed by atoms with Gasteiger partial charge in [0.15, 0.2) is 22.9 Å². The molecule has 2 rings (SSSR count). The molecule has 0 saturated carbocycles. The van der Waals surface area contributed by atoms with Crippen LogP contribution in [0.5, 0.6) is 17.2 Å². The second-order valence-corrected chi connectivity index (χ2v) is 5.17. The summed E-state index contributed by atoms with van der Waals surface area (Å²) in [5.41, 5.74) is 2.08. The number of methoxy groups -OCH3 is 3. The molecule has 0 radical (unpaired) electrons. The molecule has 0 aliphatic heterocycles. The molecule has 0 amide bonds. The molecule has 2 aromatic carbocycles. The first-order valence-electron chi connectivity index (χ1n) is 7.70. The molecule has 0 bridgehead atoms. The van der Waals surface area contributed by atoms with Crippen molar-refractivity contribution < 1.29 is 14.2 Å². The van der Waals surface area contributed by atoms with E-state index in [2.05, 4.69) is 9.69 Å². The van der Waals surface area contributed by atoms with Gasteiger partial charge in [0.1, 0.15) is 5.75 Å². The van der Waals surface area contributed by atoms with E-state index in [1.54, 1.807) is 45.6 Å². The van der Waals surface area contributed by atoms with Gasteiger partial charge in [0.25, 0.3) is 0 Å². The average molecular weight is 346 g/mol. The van der Waals surface area contributed by atoms with E-state index in [1.165, 1.54) is 0 Å². The van der Waals surface area contributed by atoms with Gasteiger partial charge in [0.05, 0.1) is 34.5 Å². The highest BCUT2D eigenvalue weighted by atomic mass is 16.5. The highest BCUT2D eigenvalue weighted by Crippen LogP contribution is 2.29. The van der Waals surface area contributed by atoms with Gasteiger partial charge in [0, 0.05) is 0 Å². The summed E-state index contributed by atoms with van der Waals surface area (Å²) in [4.78, 5) is 7.03. The number of nitrogens with zero attached hydrogens (tertiary/aromatic N) is 2. The molecule has 26 heavy (non-hydrogen) atoms. The summed E-state index contributed by atoms with van der Waals surface area (Å²) >= 11 is 0. The third-order valence-electron chi connectivity index (χ3n) is 3.63. The molecule has 0 N–H and O–H groups in total. The van der Waals surface area contributed by atoms with Gasteiger partial charge in [-0.2, -0.15) is 0 Å². The van der Waals surface area contributed by atoms with Crippen LogP contribution >= 0.6 is 0 Å². The zero-order valence-corrected chi connectivity index (χ0v) is 14.8. The molecule has 0 atom stereocenters. The molecule has 5 nitrogen and oxygen atoms in total. The Hall–Kier alpha value is -3.70. The van der Waals surface area contributed by atoms with Gasteiger partial charge in [-0.05, 0) is 35.4 Å². The summed E-state index contributed by atoms with van der Waals surface area (Å²) < 4.78 is 15.6. The van der Waals surface area contributed by atoms with Crippen LogP contribution in [0.15, 0.2) is 53.9 Å². The molecule has 0 aliphatic carbocycles. The Balaban J connectivity index is 2.41. The Morgan fingerprint density at radius 1 is 0.731 bits per heavy atom. The maximum absolute atomic E-state index is 7.45. The number of hydrogen-bond acceptors (Lipinski definition) is 3. The molecule has 5 heteroatoms. The van der Waals surface area contributed by atoms with E-state index < -0.39 is 0 Å². The third-order valence-corrected chi connectivity index (χ3v) is 3.63. The first-order valence-corrected chi connectivity index (χ1v) is 7.70. The van der Waals surface area contributed by atoms with E-state index >= 15 is 0 Å². The van der Waals surface area contributed by atoms with Crippen molar-refractivity contribution in [3.05, 3.63) is 87.8 Å². The lowest BCUT2D eigenvalue weighted by Gasteiger charge is -2.08.